The van der Waals surface area contributed by atoms with E-state index in [9.17, 15) is 4.79 Å². The van der Waals surface area contributed by atoms with Crippen LogP contribution in [-0.2, 0) is 9.53 Å². The van der Waals surface area contributed by atoms with Gasteiger partial charge >= 0.3 is 5.97 Å². The summed E-state index contributed by atoms with van der Waals surface area (Å²) in [5, 5.41) is 3.49. The molecule has 0 aromatic heterocycles. The predicted octanol–water partition coefficient (Wildman–Crippen LogP) is 2.03. The lowest BCUT2D eigenvalue weighted by Crippen LogP contribution is -2.50. The number of ether oxygens (including phenoxy) is 1. The van der Waals surface area contributed by atoms with Crippen molar-refractivity contribution >= 4 is 5.97 Å². The first-order chi connectivity index (χ1) is 7.22. The van der Waals surface area contributed by atoms with Gasteiger partial charge in [0.2, 0.25) is 0 Å². The van der Waals surface area contributed by atoms with E-state index in [0.29, 0.717) is 12.1 Å². The monoisotopic (exact) mass is 211 g/mol. The highest BCUT2D eigenvalue weighted by Crippen LogP contribution is 2.34. The van der Waals surface area contributed by atoms with Crippen LogP contribution in [0.2, 0.25) is 0 Å². The Morgan fingerprint density at radius 1 is 1.47 bits per heavy atom. The van der Waals surface area contributed by atoms with Crippen LogP contribution < -0.4 is 5.32 Å². The SMILES string of the molecule is CCOC(=O)/C=C/CNC1(CC)CCC1. The standard InChI is InChI=1S/C12H21NO2/c1-3-12(8-6-9-12)13-10-5-7-11(14)15-4-2/h5,7,13H,3-4,6,8-10H2,1-2H3/b7-5+. The number of carbonyl (C=O) groups is 1. The molecule has 1 aliphatic rings. The van der Waals surface area contributed by atoms with Crippen LogP contribution in [0.4, 0.5) is 0 Å². The lowest BCUT2D eigenvalue weighted by atomic mass is 9.75. The Morgan fingerprint density at radius 3 is 2.67 bits per heavy atom. The van der Waals surface area contributed by atoms with Gasteiger partial charge in [-0.1, -0.05) is 13.0 Å². The second-order valence-electron chi connectivity index (χ2n) is 4.02. The second-order valence-corrected chi connectivity index (χ2v) is 4.02. The normalized spacial score (nSPS) is 18.8. The van der Waals surface area contributed by atoms with Crippen molar-refractivity contribution in [1.29, 1.82) is 0 Å². The molecule has 0 radical (unpaired) electrons. The van der Waals surface area contributed by atoms with Crippen LogP contribution in [0, 0.1) is 0 Å². The summed E-state index contributed by atoms with van der Waals surface area (Å²) in [5.41, 5.74) is 0.346. The van der Waals surface area contributed by atoms with Gasteiger partial charge in [0.1, 0.15) is 0 Å². The predicted molar refractivity (Wildman–Crippen MR) is 60.6 cm³/mol. The molecule has 86 valence electrons. The molecule has 0 unspecified atom stereocenters. The molecule has 0 saturated heterocycles. The molecule has 15 heavy (non-hydrogen) atoms. The van der Waals surface area contributed by atoms with Crippen LogP contribution in [0.5, 0.6) is 0 Å². The first-order valence-electron chi connectivity index (χ1n) is 5.81. The first-order valence-corrected chi connectivity index (χ1v) is 5.81. The van der Waals surface area contributed by atoms with Gasteiger partial charge in [-0.15, -0.1) is 0 Å². The molecule has 0 heterocycles. The minimum atomic E-state index is -0.251. The molecule has 0 atom stereocenters. The Morgan fingerprint density at radius 2 is 2.20 bits per heavy atom. The maximum absolute atomic E-state index is 11.0. The van der Waals surface area contributed by atoms with Crippen LogP contribution >= 0.6 is 0 Å². The van der Waals surface area contributed by atoms with Crippen molar-refractivity contribution in [3.05, 3.63) is 12.2 Å². The van der Waals surface area contributed by atoms with Crippen molar-refractivity contribution in [1.82, 2.24) is 5.32 Å². The average Bonchev–Trinajstić information content (AvgIpc) is 2.16. The summed E-state index contributed by atoms with van der Waals surface area (Å²) < 4.78 is 4.79. The fourth-order valence-electron chi connectivity index (χ4n) is 1.88. The van der Waals surface area contributed by atoms with Gasteiger partial charge in [0.15, 0.2) is 0 Å². The Balaban J connectivity index is 2.17. The zero-order chi connectivity index (χ0) is 11.1. The van der Waals surface area contributed by atoms with Gasteiger partial charge in [-0.25, -0.2) is 4.79 Å². The maximum Gasteiger partial charge on any atom is 0.330 e. The van der Waals surface area contributed by atoms with Crippen LogP contribution in [0.25, 0.3) is 0 Å². The Kier molecular flexibility index (Phi) is 4.82. The summed E-state index contributed by atoms with van der Waals surface area (Å²) in [6.45, 7) is 5.22. The van der Waals surface area contributed by atoms with Crippen molar-refractivity contribution in [2.24, 2.45) is 0 Å². The van der Waals surface area contributed by atoms with E-state index in [1.807, 2.05) is 13.0 Å². The number of carbonyl (C=O) groups excluding carboxylic acids is 1. The number of nitrogens with one attached hydrogen (secondary N) is 1. The number of esters is 1. The third-order valence-corrected chi connectivity index (χ3v) is 3.12. The quantitative estimate of drug-likeness (QED) is 0.539. The second kappa shape index (κ2) is 5.91. The molecule has 0 aromatic rings. The van der Waals surface area contributed by atoms with Crippen molar-refractivity contribution < 1.29 is 9.53 Å². The molecule has 0 aromatic carbocycles. The highest BCUT2D eigenvalue weighted by Gasteiger charge is 2.33. The molecule has 1 N–H and O–H groups in total. The minimum Gasteiger partial charge on any atom is -0.463 e. The lowest BCUT2D eigenvalue weighted by Gasteiger charge is -2.42. The molecule has 0 bridgehead atoms. The number of hydrogen-bond acceptors (Lipinski definition) is 3. The van der Waals surface area contributed by atoms with Crippen molar-refractivity contribution in [2.75, 3.05) is 13.2 Å². The van der Waals surface area contributed by atoms with E-state index < -0.39 is 0 Å². The Bertz CT molecular complexity index is 226. The van der Waals surface area contributed by atoms with Gasteiger partial charge in [0, 0.05) is 18.2 Å². The number of hydrogen-bond donors (Lipinski definition) is 1. The lowest BCUT2D eigenvalue weighted by molar-refractivity contribution is -0.137. The van der Waals surface area contributed by atoms with E-state index in [-0.39, 0.29) is 5.97 Å². The van der Waals surface area contributed by atoms with E-state index in [1.165, 1.54) is 31.8 Å². The highest BCUT2D eigenvalue weighted by molar-refractivity contribution is 5.81. The van der Waals surface area contributed by atoms with Crippen LogP contribution in [0.3, 0.4) is 0 Å². The molecule has 0 aliphatic heterocycles. The topological polar surface area (TPSA) is 38.3 Å². The van der Waals surface area contributed by atoms with Gasteiger partial charge in [-0.05, 0) is 32.6 Å². The van der Waals surface area contributed by atoms with Gasteiger partial charge in [0.05, 0.1) is 6.61 Å². The summed E-state index contributed by atoms with van der Waals surface area (Å²) in [6.07, 6.45) is 8.35. The van der Waals surface area contributed by atoms with Gasteiger partial charge in [-0.2, -0.15) is 0 Å². The zero-order valence-corrected chi connectivity index (χ0v) is 9.71. The minimum absolute atomic E-state index is 0.251. The smallest absolute Gasteiger partial charge is 0.330 e. The van der Waals surface area contributed by atoms with Gasteiger partial charge in [0.25, 0.3) is 0 Å². The molecule has 1 aliphatic carbocycles. The maximum atomic E-state index is 11.0. The highest BCUT2D eigenvalue weighted by atomic mass is 16.5. The third kappa shape index (κ3) is 3.67. The molecule has 3 heteroatoms. The Hall–Kier alpha value is -0.830. The summed E-state index contributed by atoms with van der Waals surface area (Å²) in [5.74, 6) is -0.251. The Labute approximate surface area is 91.9 Å². The summed E-state index contributed by atoms with van der Waals surface area (Å²) in [6, 6.07) is 0. The molecular weight excluding hydrogens is 190 g/mol. The van der Waals surface area contributed by atoms with Crippen molar-refractivity contribution in [2.45, 2.75) is 45.1 Å². The zero-order valence-electron chi connectivity index (χ0n) is 9.71. The van der Waals surface area contributed by atoms with Crippen molar-refractivity contribution in [3.63, 3.8) is 0 Å². The number of rotatable bonds is 6. The van der Waals surface area contributed by atoms with E-state index in [4.69, 9.17) is 4.74 Å². The molecule has 1 fully saturated rings. The molecule has 1 rings (SSSR count). The van der Waals surface area contributed by atoms with Crippen LogP contribution in [0.1, 0.15) is 39.5 Å². The van der Waals surface area contributed by atoms with Gasteiger partial charge < -0.3 is 10.1 Å². The average molecular weight is 211 g/mol. The largest absolute Gasteiger partial charge is 0.463 e. The first kappa shape index (κ1) is 12.2. The molecule has 3 nitrogen and oxygen atoms in total. The fraction of sp³-hybridized carbons (Fsp3) is 0.750. The fourth-order valence-corrected chi connectivity index (χ4v) is 1.88. The van der Waals surface area contributed by atoms with Gasteiger partial charge in [-0.3, -0.25) is 0 Å². The molecular formula is C12H21NO2. The van der Waals surface area contributed by atoms with Crippen molar-refractivity contribution in [3.8, 4) is 0 Å². The van der Waals surface area contributed by atoms with Crippen LogP contribution in [-0.4, -0.2) is 24.7 Å². The van der Waals surface area contributed by atoms with E-state index >= 15 is 0 Å². The van der Waals surface area contributed by atoms with E-state index in [1.54, 1.807) is 0 Å². The van der Waals surface area contributed by atoms with E-state index in [0.717, 1.165) is 6.54 Å². The summed E-state index contributed by atoms with van der Waals surface area (Å²) in [7, 11) is 0. The van der Waals surface area contributed by atoms with Crippen LogP contribution in [0.15, 0.2) is 12.2 Å². The molecule has 0 amide bonds. The molecule has 0 spiro atoms. The van der Waals surface area contributed by atoms with E-state index in [2.05, 4.69) is 12.2 Å². The summed E-state index contributed by atoms with van der Waals surface area (Å²) >= 11 is 0. The summed E-state index contributed by atoms with van der Waals surface area (Å²) in [4.78, 5) is 11.0. The third-order valence-electron chi connectivity index (χ3n) is 3.12. The molecule has 1 saturated carbocycles.